The number of unbranched alkanes of at least 4 members (excludes halogenated alkanes) is 1. The third-order valence-corrected chi connectivity index (χ3v) is 5.77. The van der Waals surface area contributed by atoms with Gasteiger partial charge < -0.3 is 10.2 Å². The summed E-state index contributed by atoms with van der Waals surface area (Å²) in [5.74, 6) is 1.01. The molecule has 2 aromatic heterocycles. The number of aromatic nitrogens is 3. The number of amides is 1. The van der Waals surface area contributed by atoms with E-state index in [0.29, 0.717) is 11.6 Å². The molecule has 0 aliphatic carbocycles. The molecular weight excluding hydrogens is 386 g/mol. The highest BCUT2D eigenvalue weighted by Crippen LogP contribution is 2.31. The van der Waals surface area contributed by atoms with E-state index in [1.165, 1.54) is 0 Å². The summed E-state index contributed by atoms with van der Waals surface area (Å²) in [7, 11) is 0. The summed E-state index contributed by atoms with van der Waals surface area (Å²) in [4.78, 5) is 19.4. The lowest BCUT2D eigenvalue weighted by atomic mass is 9.97. The van der Waals surface area contributed by atoms with Gasteiger partial charge in [-0.3, -0.25) is 4.79 Å². The molecule has 29 heavy (non-hydrogen) atoms. The van der Waals surface area contributed by atoms with Crippen LogP contribution in [0.25, 0.3) is 16.8 Å². The van der Waals surface area contributed by atoms with E-state index in [9.17, 15) is 4.79 Å². The van der Waals surface area contributed by atoms with Crippen molar-refractivity contribution in [2.75, 3.05) is 24.5 Å². The van der Waals surface area contributed by atoms with E-state index in [-0.39, 0.29) is 11.8 Å². The van der Waals surface area contributed by atoms with Crippen LogP contribution in [0.3, 0.4) is 0 Å². The van der Waals surface area contributed by atoms with Crippen LogP contribution in [0.2, 0.25) is 5.02 Å². The molecule has 1 fully saturated rings. The van der Waals surface area contributed by atoms with E-state index in [0.717, 1.165) is 61.4 Å². The fraction of sp³-hybridized carbons (Fsp3) is 0.409. The summed E-state index contributed by atoms with van der Waals surface area (Å²) in [6.07, 6.45) is 7.60. The van der Waals surface area contributed by atoms with Crippen LogP contribution >= 0.6 is 11.6 Å². The van der Waals surface area contributed by atoms with Crippen LogP contribution in [0.4, 0.5) is 5.82 Å². The summed E-state index contributed by atoms with van der Waals surface area (Å²) in [6, 6.07) is 9.72. The number of hydrogen-bond acceptors (Lipinski definition) is 4. The normalized spacial score (nSPS) is 16.9. The van der Waals surface area contributed by atoms with Crippen molar-refractivity contribution < 1.29 is 4.79 Å². The summed E-state index contributed by atoms with van der Waals surface area (Å²) in [6.45, 7) is 4.45. The van der Waals surface area contributed by atoms with Crippen molar-refractivity contribution in [1.29, 1.82) is 0 Å². The van der Waals surface area contributed by atoms with Gasteiger partial charge in [0.2, 0.25) is 5.91 Å². The molecule has 3 aromatic rings. The molecule has 1 aliphatic rings. The smallest absolute Gasteiger partial charge is 0.224 e. The minimum Gasteiger partial charge on any atom is -0.356 e. The molecule has 1 aromatic carbocycles. The van der Waals surface area contributed by atoms with E-state index >= 15 is 0 Å². The number of piperidine rings is 1. The van der Waals surface area contributed by atoms with Gasteiger partial charge in [-0.1, -0.05) is 43.1 Å². The molecule has 0 radical (unpaired) electrons. The molecular formula is C22H26ClN5O. The van der Waals surface area contributed by atoms with Gasteiger partial charge in [0, 0.05) is 37.6 Å². The molecule has 1 N–H and O–H groups in total. The largest absolute Gasteiger partial charge is 0.356 e. The van der Waals surface area contributed by atoms with E-state index in [1.54, 1.807) is 6.20 Å². The SMILES string of the molecule is CCCCNC(=O)[C@@H]1CCCN(c2nccn3nc(-c4ccccc4Cl)cc23)C1. The Hall–Kier alpha value is -2.60. The third kappa shape index (κ3) is 4.22. The van der Waals surface area contributed by atoms with Gasteiger partial charge in [0.25, 0.3) is 0 Å². The van der Waals surface area contributed by atoms with Crippen LogP contribution in [-0.2, 0) is 4.79 Å². The number of carbonyl (C=O) groups is 1. The molecule has 1 atom stereocenters. The Morgan fingerprint density at radius 3 is 3.03 bits per heavy atom. The molecule has 0 unspecified atom stereocenters. The number of rotatable bonds is 6. The van der Waals surface area contributed by atoms with E-state index in [4.69, 9.17) is 11.6 Å². The summed E-state index contributed by atoms with van der Waals surface area (Å²) < 4.78 is 1.84. The Morgan fingerprint density at radius 1 is 1.34 bits per heavy atom. The van der Waals surface area contributed by atoms with Gasteiger partial charge in [-0.25, -0.2) is 9.50 Å². The lowest BCUT2D eigenvalue weighted by molar-refractivity contribution is -0.125. The highest BCUT2D eigenvalue weighted by molar-refractivity contribution is 6.33. The van der Waals surface area contributed by atoms with Crippen LogP contribution < -0.4 is 10.2 Å². The minimum absolute atomic E-state index is 0.00591. The highest BCUT2D eigenvalue weighted by atomic mass is 35.5. The zero-order valence-electron chi connectivity index (χ0n) is 16.6. The van der Waals surface area contributed by atoms with Crippen molar-refractivity contribution in [3.05, 3.63) is 47.7 Å². The zero-order valence-corrected chi connectivity index (χ0v) is 17.4. The van der Waals surface area contributed by atoms with Gasteiger partial charge >= 0.3 is 0 Å². The predicted molar refractivity (Wildman–Crippen MR) is 116 cm³/mol. The Kier molecular flexibility index (Phi) is 6.00. The second-order valence-corrected chi connectivity index (χ2v) is 7.93. The molecule has 0 spiro atoms. The number of carbonyl (C=O) groups excluding carboxylic acids is 1. The molecule has 152 valence electrons. The first-order valence-electron chi connectivity index (χ1n) is 10.3. The molecule has 1 saturated heterocycles. The molecule has 3 heterocycles. The first-order valence-corrected chi connectivity index (χ1v) is 10.7. The van der Waals surface area contributed by atoms with Gasteiger partial charge in [-0.05, 0) is 31.4 Å². The van der Waals surface area contributed by atoms with Crippen LogP contribution in [0.1, 0.15) is 32.6 Å². The fourth-order valence-electron chi connectivity index (χ4n) is 3.87. The second kappa shape index (κ2) is 8.82. The van der Waals surface area contributed by atoms with E-state index in [2.05, 4.69) is 27.2 Å². The van der Waals surface area contributed by atoms with E-state index in [1.807, 2.05) is 41.0 Å². The number of hydrogen-bond donors (Lipinski definition) is 1. The lowest BCUT2D eigenvalue weighted by Crippen LogP contribution is -2.43. The topological polar surface area (TPSA) is 62.5 Å². The zero-order chi connectivity index (χ0) is 20.2. The number of nitrogens with one attached hydrogen (secondary N) is 1. The van der Waals surface area contributed by atoms with Gasteiger partial charge in [0.15, 0.2) is 5.82 Å². The molecule has 4 rings (SSSR count). The number of halogens is 1. The van der Waals surface area contributed by atoms with Crippen LogP contribution in [-0.4, -0.2) is 40.1 Å². The van der Waals surface area contributed by atoms with Crippen molar-refractivity contribution in [2.45, 2.75) is 32.6 Å². The van der Waals surface area contributed by atoms with Crippen molar-refractivity contribution in [1.82, 2.24) is 19.9 Å². The average molecular weight is 412 g/mol. The lowest BCUT2D eigenvalue weighted by Gasteiger charge is -2.33. The van der Waals surface area contributed by atoms with E-state index < -0.39 is 0 Å². The first kappa shape index (κ1) is 19.7. The Labute approximate surface area is 175 Å². The van der Waals surface area contributed by atoms with Gasteiger partial charge in [0.05, 0.1) is 16.6 Å². The van der Waals surface area contributed by atoms with Crippen LogP contribution in [0, 0.1) is 5.92 Å². The van der Waals surface area contributed by atoms with Crippen molar-refractivity contribution in [2.24, 2.45) is 5.92 Å². The van der Waals surface area contributed by atoms with Crippen LogP contribution in [0.5, 0.6) is 0 Å². The van der Waals surface area contributed by atoms with Crippen LogP contribution in [0.15, 0.2) is 42.7 Å². The van der Waals surface area contributed by atoms with Crippen molar-refractivity contribution in [3.63, 3.8) is 0 Å². The number of benzene rings is 1. The predicted octanol–water partition coefficient (Wildman–Crippen LogP) is 4.18. The summed E-state index contributed by atoms with van der Waals surface area (Å²) >= 11 is 6.36. The quantitative estimate of drug-likeness (QED) is 0.618. The monoisotopic (exact) mass is 411 g/mol. The maximum Gasteiger partial charge on any atom is 0.224 e. The molecule has 0 bridgehead atoms. The van der Waals surface area contributed by atoms with Gasteiger partial charge in [-0.2, -0.15) is 5.10 Å². The highest BCUT2D eigenvalue weighted by Gasteiger charge is 2.27. The Bertz CT molecular complexity index is 1000. The minimum atomic E-state index is -0.00591. The van der Waals surface area contributed by atoms with Crippen molar-refractivity contribution >= 4 is 28.8 Å². The Balaban J connectivity index is 1.59. The summed E-state index contributed by atoms with van der Waals surface area (Å²) in [5, 5.41) is 8.44. The first-order chi connectivity index (χ1) is 14.2. The molecule has 0 saturated carbocycles. The molecule has 1 amide bonds. The Morgan fingerprint density at radius 2 is 2.21 bits per heavy atom. The number of fused-ring (bicyclic) bond motifs is 1. The standard InChI is InChI=1S/C22H26ClN5O/c1-2-3-10-25-22(29)16-7-6-12-27(15-16)21-20-14-19(26-28(20)13-11-24-21)17-8-4-5-9-18(17)23/h4-5,8-9,11,13-14,16H,2-3,6-7,10,12,15H2,1H3,(H,25,29)/t16-/m1/s1. The maximum atomic E-state index is 12.5. The molecule has 6 nitrogen and oxygen atoms in total. The summed E-state index contributed by atoms with van der Waals surface area (Å²) in [5.41, 5.74) is 2.64. The molecule has 1 aliphatic heterocycles. The van der Waals surface area contributed by atoms with Gasteiger partial charge in [0.1, 0.15) is 5.52 Å². The third-order valence-electron chi connectivity index (χ3n) is 5.44. The number of anilines is 1. The maximum absolute atomic E-state index is 12.5. The van der Waals surface area contributed by atoms with Gasteiger partial charge in [-0.15, -0.1) is 0 Å². The average Bonchev–Trinajstić information content (AvgIpc) is 3.18. The number of nitrogens with zero attached hydrogens (tertiary/aromatic N) is 4. The second-order valence-electron chi connectivity index (χ2n) is 7.52. The molecule has 7 heteroatoms. The van der Waals surface area contributed by atoms with Crippen molar-refractivity contribution in [3.8, 4) is 11.3 Å². The fourth-order valence-corrected chi connectivity index (χ4v) is 4.10.